The molecule has 7 heteroatoms. The highest BCUT2D eigenvalue weighted by Crippen LogP contribution is 2.19. The molecule has 0 heterocycles. The molecule has 1 amide bonds. The zero-order chi connectivity index (χ0) is 15.9. The van der Waals surface area contributed by atoms with Crippen molar-refractivity contribution in [2.75, 3.05) is 17.6 Å². The van der Waals surface area contributed by atoms with Gasteiger partial charge in [-0.25, -0.2) is 0 Å². The molecule has 0 aliphatic carbocycles. The molecule has 0 radical (unpaired) electrons. The minimum atomic E-state index is -0.891. The van der Waals surface area contributed by atoms with Gasteiger partial charge in [-0.1, -0.05) is 29.4 Å². The number of carbonyl (C=O) groups excluding carboxylic acids is 1. The van der Waals surface area contributed by atoms with Gasteiger partial charge in [-0.3, -0.25) is 4.79 Å². The molecule has 2 aromatic rings. The van der Waals surface area contributed by atoms with E-state index in [1.165, 1.54) is 0 Å². The minimum Gasteiger partial charge on any atom is -0.397 e. The van der Waals surface area contributed by atoms with Gasteiger partial charge in [-0.2, -0.15) is 0 Å². The van der Waals surface area contributed by atoms with Gasteiger partial charge in [0.2, 0.25) is 0 Å². The topological polar surface area (TPSA) is 124 Å². The zero-order valence-corrected chi connectivity index (χ0v) is 11.7. The third kappa shape index (κ3) is 3.76. The molecule has 0 spiro atoms. The first-order valence-electron chi connectivity index (χ1n) is 6.56. The average Bonchev–Trinajstić information content (AvgIpc) is 2.55. The van der Waals surface area contributed by atoms with Crippen LogP contribution in [-0.4, -0.2) is 17.6 Å². The summed E-state index contributed by atoms with van der Waals surface area (Å²) >= 11 is 0. The van der Waals surface area contributed by atoms with Crippen LogP contribution in [0.3, 0.4) is 0 Å². The molecule has 0 bridgehead atoms. The standard InChI is InChI=1S/C15H15N5O2/c16-12-3-1-2-4-13(12)19-15(22)11-7-5-10(6-8-11)14(21)9-18-20-17/h1-8,14,21H,9,16H2,(H,19,22). The summed E-state index contributed by atoms with van der Waals surface area (Å²) in [4.78, 5) is 14.7. The smallest absolute Gasteiger partial charge is 0.255 e. The van der Waals surface area contributed by atoms with Crippen molar-refractivity contribution < 1.29 is 9.90 Å². The maximum atomic E-state index is 12.1. The largest absolute Gasteiger partial charge is 0.397 e. The summed E-state index contributed by atoms with van der Waals surface area (Å²) in [5.41, 5.74) is 16.0. The van der Waals surface area contributed by atoms with Crippen molar-refractivity contribution in [3.05, 3.63) is 70.1 Å². The Morgan fingerprint density at radius 3 is 2.59 bits per heavy atom. The second-order valence-electron chi connectivity index (χ2n) is 4.59. The number of hydrogen-bond acceptors (Lipinski definition) is 4. The molecule has 0 saturated carbocycles. The summed E-state index contributed by atoms with van der Waals surface area (Å²) in [6.07, 6.45) is -0.891. The Morgan fingerprint density at radius 2 is 1.95 bits per heavy atom. The van der Waals surface area contributed by atoms with Crippen LogP contribution >= 0.6 is 0 Å². The molecule has 22 heavy (non-hydrogen) atoms. The number of amides is 1. The third-order valence-corrected chi connectivity index (χ3v) is 3.08. The number of rotatable bonds is 5. The zero-order valence-electron chi connectivity index (χ0n) is 11.7. The van der Waals surface area contributed by atoms with Crippen LogP contribution in [0.2, 0.25) is 0 Å². The maximum Gasteiger partial charge on any atom is 0.255 e. The van der Waals surface area contributed by atoms with Crippen LogP contribution in [-0.2, 0) is 0 Å². The quantitative estimate of drug-likeness (QED) is 0.340. The van der Waals surface area contributed by atoms with Gasteiger partial charge in [0.1, 0.15) is 0 Å². The van der Waals surface area contributed by atoms with Crippen molar-refractivity contribution in [3.8, 4) is 0 Å². The Morgan fingerprint density at radius 1 is 1.27 bits per heavy atom. The average molecular weight is 297 g/mol. The maximum absolute atomic E-state index is 12.1. The summed E-state index contributed by atoms with van der Waals surface area (Å²) in [7, 11) is 0. The van der Waals surface area contributed by atoms with Crippen molar-refractivity contribution in [2.45, 2.75) is 6.10 Å². The van der Waals surface area contributed by atoms with Crippen LogP contribution in [0, 0.1) is 0 Å². The fourth-order valence-electron chi connectivity index (χ4n) is 1.88. The van der Waals surface area contributed by atoms with E-state index in [0.29, 0.717) is 22.5 Å². The number of carbonyl (C=O) groups is 1. The van der Waals surface area contributed by atoms with Crippen LogP contribution in [0.4, 0.5) is 11.4 Å². The number of benzene rings is 2. The van der Waals surface area contributed by atoms with Crippen LogP contribution in [0.15, 0.2) is 53.6 Å². The van der Waals surface area contributed by atoms with E-state index in [0.717, 1.165) is 0 Å². The van der Waals surface area contributed by atoms with Gasteiger partial charge >= 0.3 is 0 Å². The minimum absolute atomic E-state index is 0.0530. The van der Waals surface area contributed by atoms with Crippen molar-refractivity contribution in [1.82, 2.24) is 0 Å². The molecular weight excluding hydrogens is 282 g/mol. The number of para-hydroxylation sites is 2. The van der Waals surface area contributed by atoms with E-state index in [1.807, 2.05) is 0 Å². The predicted octanol–water partition coefficient (Wildman–Crippen LogP) is 2.86. The normalized spacial score (nSPS) is 11.3. The van der Waals surface area contributed by atoms with E-state index >= 15 is 0 Å². The van der Waals surface area contributed by atoms with Gasteiger partial charge in [0.25, 0.3) is 5.91 Å². The molecule has 112 valence electrons. The number of nitrogens with one attached hydrogen (secondary N) is 1. The van der Waals surface area contributed by atoms with Crippen LogP contribution in [0.1, 0.15) is 22.0 Å². The number of nitrogens with zero attached hydrogens (tertiary/aromatic N) is 3. The SMILES string of the molecule is [N-]=[N+]=NCC(O)c1ccc(C(=O)Nc2ccccc2N)cc1. The number of anilines is 2. The van der Waals surface area contributed by atoms with Gasteiger partial charge < -0.3 is 16.2 Å². The lowest BCUT2D eigenvalue weighted by atomic mass is 10.1. The van der Waals surface area contributed by atoms with E-state index in [9.17, 15) is 9.90 Å². The Labute approximate surface area is 127 Å². The number of aliphatic hydroxyl groups excluding tert-OH is 1. The van der Waals surface area contributed by atoms with Gasteiger partial charge in [-0.15, -0.1) is 0 Å². The Bertz CT molecular complexity index is 708. The van der Waals surface area contributed by atoms with E-state index in [4.69, 9.17) is 11.3 Å². The molecule has 0 fully saturated rings. The molecular formula is C15H15N5O2. The fraction of sp³-hybridized carbons (Fsp3) is 0.133. The molecule has 0 aliphatic heterocycles. The number of hydrogen-bond donors (Lipinski definition) is 3. The Hall–Kier alpha value is -3.02. The monoisotopic (exact) mass is 297 g/mol. The van der Waals surface area contributed by atoms with Crippen molar-refractivity contribution in [2.24, 2.45) is 5.11 Å². The summed E-state index contributed by atoms with van der Waals surface area (Å²) < 4.78 is 0. The molecule has 4 N–H and O–H groups in total. The second-order valence-corrected chi connectivity index (χ2v) is 4.59. The molecule has 1 unspecified atom stereocenters. The summed E-state index contributed by atoms with van der Waals surface area (Å²) in [5, 5.41) is 15.8. The Balaban J connectivity index is 2.08. The number of nitrogen functional groups attached to an aromatic ring is 1. The number of azide groups is 1. The highest BCUT2D eigenvalue weighted by Gasteiger charge is 2.10. The first-order chi connectivity index (χ1) is 10.6. The molecule has 0 aliphatic rings. The van der Waals surface area contributed by atoms with E-state index in [1.54, 1.807) is 48.5 Å². The molecule has 0 aromatic heterocycles. The van der Waals surface area contributed by atoms with Crippen molar-refractivity contribution in [1.29, 1.82) is 0 Å². The molecule has 2 rings (SSSR count). The lowest BCUT2D eigenvalue weighted by Gasteiger charge is -2.10. The third-order valence-electron chi connectivity index (χ3n) is 3.08. The van der Waals surface area contributed by atoms with Gasteiger partial charge in [0.15, 0.2) is 0 Å². The number of aliphatic hydroxyl groups is 1. The molecule has 0 saturated heterocycles. The van der Waals surface area contributed by atoms with Crippen molar-refractivity contribution in [3.63, 3.8) is 0 Å². The van der Waals surface area contributed by atoms with E-state index in [2.05, 4.69) is 15.3 Å². The Kier molecular flexibility index (Phi) is 4.98. The molecule has 2 aromatic carbocycles. The lowest BCUT2D eigenvalue weighted by Crippen LogP contribution is -2.13. The summed E-state index contributed by atoms with van der Waals surface area (Å²) in [6, 6.07) is 13.4. The van der Waals surface area contributed by atoms with Crippen LogP contribution in [0.25, 0.3) is 10.4 Å². The molecule has 1 atom stereocenters. The van der Waals surface area contributed by atoms with E-state index in [-0.39, 0.29) is 12.5 Å². The first-order valence-corrected chi connectivity index (χ1v) is 6.56. The van der Waals surface area contributed by atoms with Gasteiger partial charge in [-0.05, 0) is 35.4 Å². The lowest BCUT2D eigenvalue weighted by molar-refractivity contribution is 0.102. The van der Waals surface area contributed by atoms with Crippen LogP contribution in [0.5, 0.6) is 0 Å². The summed E-state index contributed by atoms with van der Waals surface area (Å²) in [5.74, 6) is -0.297. The van der Waals surface area contributed by atoms with E-state index < -0.39 is 6.10 Å². The van der Waals surface area contributed by atoms with Crippen LogP contribution < -0.4 is 11.1 Å². The van der Waals surface area contributed by atoms with Gasteiger partial charge in [0.05, 0.1) is 24.0 Å². The predicted molar refractivity (Wildman–Crippen MR) is 84.2 cm³/mol. The number of nitrogens with two attached hydrogens (primary N) is 1. The fourth-order valence-corrected chi connectivity index (χ4v) is 1.88. The highest BCUT2D eigenvalue weighted by atomic mass is 16.3. The summed E-state index contributed by atoms with van der Waals surface area (Å²) in [6.45, 7) is -0.0530. The van der Waals surface area contributed by atoms with Gasteiger partial charge in [0, 0.05) is 10.5 Å². The molecule has 7 nitrogen and oxygen atoms in total. The van der Waals surface area contributed by atoms with Crippen molar-refractivity contribution >= 4 is 17.3 Å². The second kappa shape index (κ2) is 7.12. The first kappa shape index (κ1) is 15.4. The highest BCUT2D eigenvalue weighted by molar-refractivity contribution is 6.05.